The lowest BCUT2D eigenvalue weighted by molar-refractivity contribution is -0.147. The molecule has 2 amide bonds. The fourth-order valence-electron chi connectivity index (χ4n) is 2.77. The zero-order chi connectivity index (χ0) is 21.8. The summed E-state index contributed by atoms with van der Waals surface area (Å²) in [6.45, 7) is 1.89. The van der Waals surface area contributed by atoms with Crippen molar-refractivity contribution >= 4 is 24.2 Å². The molecule has 0 saturated carbocycles. The van der Waals surface area contributed by atoms with Crippen molar-refractivity contribution in [2.45, 2.75) is 32.4 Å². The van der Waals surface area contributed by atoms with Crippen molar-refractivity contribution in [3.8, 4) is 0 Å². The number of ether oxygens (including phenoxy) is 2. The molecule has 8 heteroatoms. The molecule has 1 aliphatic rings. The molecule has 8 nitrogen and oxygen atoms in total. The van der Waals surface area contributed by atoms with Crippen LogP contribution in [0, 0.1) is 0 Å². The number of carbonyl (C=O) groups excluding carboxylic acids is 3. The van der Waals surface area contributed by atoms with E-state index in [0.29, 0.717) is 12.1 Å². The van der Waals surface area contributed by atoms with Crippen LogP contribution in [0.4, 0.5) is 4.79 Å². The van der Waals surface area contributed by atoms with E-state index < -0.39 is 24.0 Å². The van der Waals surface area contributed by atoms with Crippen molar-refractivity contribution in [2.75, 3.05) is 20.2 Å². The summed E-state index contributed by atoms with van der Waals surface area (Å²) in [5.74, 6) is -0.963. The van der Waals surface area contributed by atoms with E-state index in [2.05, 4.69) is 15.0 Å². The first kappa shape index (κ1) is 22.9. The smallest absolute Gasteiger partial charge is 0.408 e. The number of benzene rings is 1. The maximum atomic E-state index is 13.1. The molecule has 1 aromatic carbocycles. The highest BCUT2D eigenvalue weighted by Gasteiger charge is 2.29. The Balaban J connectivity index is 2.08. The van der Waals surface area contributed by atoms with Crippen LogP contribution in [0.5, 0.6) is 0 Å². The first-order valence-corrected chi connectivity index (χ1v) is 9.69. The minimum Gasteiger partial charge on any atom is -0.468 e. The van der Waals surface area contributed by atoms with Gasteiger partial charge in [0.15, 0.2) is 0 Å². The Morgan fingerprint density at radius 2 is 2.03 bits per heavy atom. The number of esters is 1. The van der Waals surface area contributed by atoms with E-state index in [9.17, 15) is 14.4 Å². The normalized spacial score (nSPS) is 13.6. The van der Waals surface area contributed by atoms with Crippen molar-refractivity contribution in [2.24, 2.45) is 4.99 Å². The molecule has 1 N–H and O–H groups in total. The third-order valence-corrected chi connectivity index (χ3v) is 4.35. The lowest BCUT2D eigenvalue weighted by Gasteiger charge is -2.26. The van der Waals surface area contributed by atoms with Crippen LogP contribution in [0.25, 0.3) is 0 Å². The molecule has 0 aromatic heterocycles. The fourth-order valence-corrected chi connectivity index (χ4v) is 2.77. The predicted molar refractivity (Wildman–Crippen MR) is 113 cm³/mol. The molecule has 160 valence electrons. The van der Waals surface area contributed by atoms with E-state index in [1.54, 1.807) is 18.4 Å². The van der Waals surface area contributed by atoms with Gasteiger partial charge in [0, 0.05) is 31.3 Å². The first-order chi connectivity index (χ1) is 14.5. The number of allylic oxidation sites excluding steroid dienone is 2. The van der Waals surface area contributed by atoms with Gasteiger partial charge in [0.2, 0.25) is 5.91 Å². The lowest BCUT2D eigenvalue weighted by atomic mass is 10.1. The van der Waals surface area contributed by atoms with Gasteiger partial charge in [-0.25, -0.2) is 4.79 Å². The van der Waals surface area contributed by atoms with Crippen LogP contribution in [0.3, 0.4) is 0 Å². The van der Waals surface area contributed by atoms with E-state index in [1.165, 1.54) is 12.0 Å². The van der Waals surface area contributed by atoms with Gasteiger partial charge in [0.25, 0.3) is 0 Å². The van der Waals surface area contributed by atoms with E-state index in [4.69, 9.17) is 4.74 Å². The zero-order valence-electron chi connectivity index (χ0n) is 17.2. The number of rotatable bonds is 10. The number of aliphatic imine (C=N–C) groups is 1. The molecule has 0 saturated heterocycles. The Morgan fingerprint density at radius 3 is 2.67 bits per heavy atom. The first-order valence-electron chi connectivity index (χ1n) is 9.69. The number of nitrogens with zero attached hydrogens (tertiary/aromatic N) is 2. The van der Waals surface area contributed by atoms with E-state index in [0.717, 1.165) is 5.56 Å². The third-order valence-electron chi connectivity index (χ3n) is 4.35. The molecule has 1 aromatic rings. The summed E-state index contributed by atoms with van der Waals surface area (Å²) in [5.41, 5.74) is 1.53. The van der Waals surface area contributed by atoms with Gasteiger partial charge in [-0.1, -0.05) is 48.6 Å². The van der Waals surface area contributed by atoms with Gasteiger partial charge >= 0.3 is 12.1 Å². The Bertz CT molecular complexity index is 817. The Labute approximate surface area is 176 Å². The summed E-state index contributed by atoms with van der Waals surface area (Å²) >= 11 is 0. The van der Waals surface area contributed by atoms with Crippen molar-refractivity contribution in [1.82, 2.24) is 10.2 Å². The number of hydrogen-bond acceptors (Lipinski definition) is 6. The molecule has 1 heterocycles. The molecule has 30 heavy (non-hydrogen) atoms. The highest BCUT2D eigenvalue weighted by atomic mass is 16.5. The van der Waals surface area contributed by atoms with Crippen molar-refractivity contribution in [1.29, 1.82) is 0 Å². The summed E-state index contributed by atoms with van der Waals surface area (Å²) in [4.78, 5) is 42.8. The summed E-state index contributed by atoms with van der Waals surface area (Å²) in [7, 11) is 1.26. The SMILES string of the molecule is C/C=C/CN(CC(=O)OC)C(=O)[C@H](CC1=CCC=N1)NC(=O)OCc1ccccc1. The van der Waals surface area contributed by atoms with Gasteiger partial charge in [-0.05, 0) is 12.5 Å². The van der Waals surface area contributed by atoms with Crippen molar-refractivity contribution in [3.05, 3.63) is 59.8 Å². The molecular formula is C22H27N3O5. The van der Waals surface area contributed by atoms with Gasteiger partial charge in [-0.3, -0.25) is 14.6 Å². The molecular weight excluding hydrogens is 386 g/mol. The summed E-state index contributed by atoms with van der Waals surface area (Å²) in [5, 5.41) is 2.62. The Kier molecular flexibility index (Phi) is 9.30. The van der Waals surface area contributed by atoms with Crippen LogP contribution < -0.4 is 5.32 Å². The molecule has 1 aliphatic heterocycles. The molecule has 0 spiro atoms. The highest BCUT2D eigenvalue weighted by Crippen LogP contribution is 2.15. The van der Waals surface area contributed by atoms with Gasteiger partial charge in [-0.2, -0.15) is 0 Å². The number of hydrogen-bond donors (Lipinski definition) is 1. The number of nitrogens with one attached hydrogen (secondary N) is 1. The van der Waals surface area contributed by atoms with Crippen LogP contribution >= 0.6 is 0 Å². The quantitative estimate of drug-likeness (QED) is 0.470. The van der Waals surface area contributed by atoms with Crippen LogP contribution in [0.2, 0.25) is 0 Å². The number of methoxy groups -OCH3 is 1. The zero-order valence-corrected chi connectivity index (χ0v) is 17.2. The minimum absolute atomic E-state index is 0.0822. The van der Waals surface area contributed by atoms with Gasteiger partial charge in [0.05, 0.1) is 7.11 Å². The minimum atomic E-state index is -0.926. The summed E-state index contributed by atoms with van der Waals surface area (Å²) in [6, 6.07) is 8.31. The Morgan fingerprint density at radius 1 is 1.27 bits per heavy atom. The summed E-state index contributed by atoms with van der Waals surface area (Å²) < 4.78 is 9.94. The number of alkyl carbamates (subject to hydrolysis) is 1. The van der Waals surface area contributed by atoms with E-state index in [-0.39, 0.29) is 26.1 Å². The van der Waals surface area contributed by atoms with Gasteiger partial charge in [0.1, 0.15) is 19.2 Å². The van der Waals surface area contributed by atoms with Gasteiger partial charge < -0.3 is 19.7 Å². The number of carbonyl (C=O) groups is 3. The third kappa shape index (κ3) is 7.54. The second-order valence-electron chi connectivity index (χ2n) is 6.57. The van der Waals surface area contributed by atoms with Crippen LogP contribution in [-0.4, -0.2) is 55.3 Å². The molecule has 0 fully saturated rings. The predicted octanol–water partition coefficient (Wildman–Crippen LogP) is 2.61. The molecule has 0 radical (unpaired) electrons. The second kappa shape index (κ2) is 12.2. The highest BCUT2D eigenvalue weighted by molar-refractivity contribution is 5.89. The standard InChI is InChI=1S/C22H27N3O5/c1-3-4-13-25(15-20(26)29-2)21(27)19(14-18-11-8-12-23-18)24-22(28)30-16-17-9-6-5-7-10-17/h3-7,9-12,19H,8,13-16H2,1-2H3,(H,24,28)/b4-3+/t19-/m0/s1. The number of amides is 2. The topological polar surface area (TPSA) is 97.3 Å². The van der Waals surface area contributed by atoms with E-state index in [1.807, 2.05) is 43.3 Å². The molecule has 0 bridgehead atoms. The molecule has 0 aliphatic carbocycles. The maximum absolute atomic E-state index is 13.1. The average Bonchev–Trinajstić information content (AvgIpc) is 3.28. The van der Waals surface area contributed by atoms with E-state index >= 15 is 0 Å². The van der Waals surface area contributed by atoms with Crippen molar-refractivity contribution < 1.29 is 23.9 Å². The average molecular weight is 413 g/mol. The van der Waals surface area contributed by atoms with Crippen LogP contribution in [-0.2, 0) is 25.7 Å². The lowest BCUT2D eigenvalue weighted by Crippen LogP contribution is -2.50. The van der Waals surface area contributed by atoms with Crippen LogP contribution in [0.15, 0.2) is 59.2 Å². The van der Waals surface area contributed by atoms with Gasteiger partial charge in [-0.15, -0.1) is 0 Å². The maximum Gasteiger partial charge on any atom is 0.408 e. The molecule has 1 atom stereocenters. The largest absolute Gasteiger partial charge is 0.468 e. The summed E-state index contributed by atoms with van der Waals surface area (Å²) in [6.07, 6.45) is 7.30. The molecule has 2 rings (SSSR count). The van der Waals surface area contributed by atoms with Crippen molar-refractivity contribution in [3.63, 3.8) is 0 Å². The van der Waals surface area contributed by atoms with Crippen LogP contribution in [0.1, 0.15) is 25.3 Å². The fraction of sp³-hybridized carbons (Fsp3) is 0.364. The monoisotopic (exact) mass is 413 g/mol. The molecule has 0 unspecified atom stereocenters. The Hall–Kier alpha value is -3.42. The second-order valence-corrected chi connectivity index (χ2v) is 6.57.